The monoisotopic (exact) mass is 442 g/mol. The molecule has 4 heteroatoms. The highest BCUT2D eigenvalue weighted by Crippen LogP contribution is 2.38. The number of ketones is 2. The van der Waals surface area contributed by atoms with E-state index in [1.54, 1.807) is 36.4 Å². The van der Waals surface area contributed by atoms with Crippen LogP contribution in [0.1, 0.15) is 43.0 Å². The standard InChI is InChI=1S/C30H22N2O2/c1-3-19-11-5-7-15-23(19)31-25-17-9-13-21-27(25)30(34)28-22(29(21)33)14-10-18-26(28)32-24-16-8-6-12-20(24)4-2/h3-18,31-32H,1-2H2. The molecule has 0 atom stereocenters. The summed E-state index contributed by atoms with van der Waals surface area (Å²) in [5.74, 6) is -0.381. The number of rotatable bonds is 6. The van der Waals surface area contributed by atoms with Crippen LogP contribution in [0.4, 0.5) is 22.7 Å². The average molecular weight is 443 g/mol. The topological polar surface area (TPSA) is 58.2 Å². The van der Waals surface area contributed by atoms with E-state index in [9.17, 15) is 9.59 Å². The van der Waals surface area contributed by atoms with Gasteiger partial charge >= 0.3 is 0 Å². The van der Waals surface area contributed by atoms with Gasteiger partial charge in [-0.3, -0.25) is 9.59 Å². The van der Waals surface area contributed by atoms with Gasteiger partial charge in [0, 0.05) is 22.5 Å². The van der Waals surface area contributed by atoms with E-state index < -0.39 is 0 Å². The second kappa shape index (κ2) is 8.68. The maximum absolute atomic E-state index is 13.9. The highest BCUT2D eigenvalue weighted by Gasteiger charge is 2.33. The molecule has 0 unspecified atom stereocenters. The molecule has 0 heterocycles. The van der Waals surface area contributed by atoms with Crippen molar-refractivity contribution in [1.82, 2.24) is 0 Å². The van der Waals surface area contributed by atoms with Gasteiger partial charge in [0.05, 0.1) is 22.5 Å². The van der Waals surface area contributed by atoms with Crippen LogP contribution in [0.5, 0.6) is 0 Å². The minimum absolute atomic E-state index is 0.175. The second-order valence-electron chi connectivity index (χ2n) is 7.95. The van der Waals surface area contributed by atoms with E-state index in [2.05, 4.69) is 23.8 Å². The fourth-order valence-electron chi connectivity index (χ4n) is 4.32. The summed E-state index contributed by atoms with van der Waals surface area (Å²) >= 11 is 0. The summed E-state index contributed by atoms with van der Waals surface area (Å²) in [4.78, 5) is 27.4. The predicted octanol–water partition coefficient (Wildman–Crippen LogP) is 7.24. The normalized spacial score (nSPS) is 11.9. The van der Waals surface area contributed by atoms with Crippen LogP contribution in [0.3, 0.4) is 0 Å². The molecule has 1 aliphatic carbocycles. The highest BCUT2D eigenvalue weighted by atomic mass is 16.1. The molecule has 4 aromatic rings. The lowest BCUT2D eigenvalue weighted by atomic mass is 9.82. The first-order chi connectivity index (χ1) is 16.6. The Morgan fingerprint density at radius 2 is 0.912 bits per heavy atom. The van der Waals surface area contributed by atoms with Crippen LogP contribution >= 0.6 is 0 Å². The van der Waals surface area contributed by atoms with Crippen LogP contribution in [-0.4, -0.2) is 11.6 Å². The quantitative estimate of drug-likeness (QED) is 0.291. The number of benzene rings is 4. The largest absolute Gasteiger partial charge is 0.354 e. The molecule has 5 rings (SSSR count). The summed E-state index contributed by atoms with van der Waals surface area (Å²) in [5.41, 5.74) is 6.09. The third-order valence-electron chi connectivity index (χ3n) is 5.97. The molecular formula is C30H22N2O2. The minimum atomic E-state index is -0.206. The van der Waals surface area contributed by atoms with Crippen molar-refractivity contribution in [2.45, 2.75) is 0 Å². The van der Waals surface area contributed by atoms with E-state index in [1.165, 1.54) is 0 Å². The fraction of sp³-hybridized carbons (Fsp3) is 0. The van der Waals surface area contributed by atoms with E-state index in [0.29, 0.717) is 33.6 Å². The van der Waals surface area contributed by atoms with Crippen molar-refractivity contribution in [3.05, 3.63) is 131 Å². The van der Waals surface area contributed by atoms with E-state index in [4.69, 9.17) is 0 Å². The highest BCUT2D eigenvalue weighted by molar-refractivity contribution is 6.32. The van der Waals surface area contributed by atoms with Crippen LogP contribution in [-0.2, 0) is 0 Å². The molecule has 4 nitrogen and oxygen atoms in total. The van der Waals surface area contributed by atoms with Crippen LogP contribution in [0.15, 0.2) is 98.1 Å². The van der Waals surface area contributed by atoms with Crippen LogP contribution in [0.2, 0.25) is 0 Å². The average Bonchev–Trinajstić information content (AvgIpc) is 2.87. The van der Waals surface area contributed by atoms with E-state index in [-0.39, 0.29) is 11.6 Å². The van der Waals surface area contributed by atoms with Gasteiger partial charge in [-0.1, -0.05) is 86.0 Å². The van der Waals surface area contributed by atoms with Gasteiger partial charge in [0.15, 0.2) is 11.6 Å². The molecular weight excluding hydrogens is 420 g/mol. The molecule has 0 bridgehead atoms. The van der Waals surface area contributed by atoms with Crippen LogP contribution in [0.25, 0.3) is 12.2 Å². The Morgan fingerprint density at radius 3 is 1.35 bits per heavy atom. The minimum Gasteiger partial charge on any atom is -0.354 e. The summed E-state index contributed by atoms with van der Waals surface area (Å²) in [6.07, 6.45) is 3.50. The number of anilines is 4. The molecule has 164 valence electrons. The van der Waals surface area contributed by atoms with Crippen molar-refractivity contribution in [3.8, 4) is 0 Å². The number of nitrogens with one attached hydrogen (secondary N) is 2. The molecule has 0 amide bonds. The van der Waals surface area contributed by atoms with Gasteiger partial charge in [-0.15, -0.1) is 0 Å². The zero-order chi connectivity index (χ0) is 23.7. The van der Waals surface area contributed by atoms with Gasteiger partial charge in [0.1, 0.15) is 0 Å². The molecule has 0 aromatic heterocycles. The van der Waals surface area contributed by atoms with Gasteiger partial charge in [0.2, 0.25) is 0 Å². The first-order valence-electron chi connectivity index (χ1n) is 10.9. The van der Waals surface area contributed by atoms with Crippen molar-refractivity contribution in [2.24, 2.45) is 0 Å². The van der Waals surface area contributed by atoms with Crippen molar-refractivity contribution in [3.63, 3.8) is 0 Å². The number of hydrogen-bond donors (Lipinski definition) is 2. The third kappa shape index (κ3) is 3.51. The summed E-state index contributed by atoms with van der Waals surface area (Å²) in [7, 11) is 0. The summed E-state index contributed by atoms with van der Waals surface area (Å²) < 4.78 is 0. The van der Waals surface area contributed by atoms with Crippen molar-refractivity contribution < 1.29 is 9.59 Å². The number of para-hydroxylation sites is 2. The SMILES string of the molecule is C=Cc1ccccc1Nc1cccc2c1C(=O)c1c(Nc3ccccc3C=C)cccc1C2=O. The molecule has 0 aliphatic heterocycles. The Balaban J connectivity index is 1.63. The third-order valence-corrected chi connectivity index (χ3v) is 5.97. The van der Waals surface area contributed by atoms with Gasteiger partial charge in [-0.2, -0.15) is 0 Å². The first-order valence-corrected chi connectivity index (χ1v) is 10.9. The van der Waals surface area contributed by atoms with Crippen molar-refractivity contribution in [1.29, 1.82) is 0 Å². The molecule has 0 radical (unpaired) electrons. The number of hydrogen-bond acceptors (Lipinski definition) is 4. The first kappa shape index (κ1) is 21.2. The molecule has 4 aromatic carbocycles. The fourth-order valence-corrected chi connectivity index (χ4v) is 4.32. The maximum Gasteiger partial charge on any atom is 0.198 e. The van der Waals surface area contributed by atoms with E-state index >= 15 is 0 Å². The number of carbonyl (C=O) groups is 2. The molecule has 34 heavy (non-hydrogen) atoms. The molecule has 0 spiro atoms. The predicted molar refractivity (Wildman–Crippen MR) is 139 cm³/mol. The second-order valence-corrected chi connectivity index (χ2v) is 7.95. The molecule has 0 fully saturated rings. The lowest BCUT2D eigenvalue weighted by molar-refractivity contribution is 0.0980. The Hall–Kier alpha value is -4.70. The Kier molecular flexibility index (Phi) is 5.40. The lowest BCUT2D eigenvalue weighted by Gasteiger charge is -2.24. The van der Waals surface area contributed by atoms with Gasteiger partial charge in [0.25, 0.3) is 0 Å². The van der Waals surface area contributed by atoms with Crippen LogP contribution < -0.4 is 10.6 Å². The molecule has 1 aliphatic rings. The van der Waals surface area contributed by atoms with E-state index in [1.807, 2.05) is 60.7 Å². The molecule has 0 saturated carbocycles. The van der Waals surface area contributed by atoms with Crippen molar-refractivity contribution in [2.75, 3.05) is 10.6 Å². The zero-order valence-corrected chi connectivity index (χ0v) is 18.5. The van der Waals surface area contributed by atoms with Gasteiger partial charge < -0.3 is 10.6 Å². The van der Waals surface area contributed by atoms with Gasteiger partial charge in [-0.05, 0) is 35.4 Å². The summed E-state index contributed by atoms with van der Waals surface area (Å²) in [6.45, 7) is 7.73. The Bertz CT molecular complexity index is 1370. The Morgan fingerprint density at radius 1 is 0.500 bits per heavy atom. The van der Waals surface area contributed by atoms with E-state index in [0.717, 1.165) is 22.5 Å². The summed E-state index contributed by atoms with van der Waals surface area (Å²) in [6, 6.07) is 26.0. The maximum atomic E-state index is 13.9. The lowest BCUT2D eigenvalue weighted by Crippen LogP contribution is -2.23. The van der Waals surface area contributed by atoms with Gasteiger partial charge in [-0.25, -0.2) is 0 Å². The van der Waals surface area contributed by atoms with Crippen molar-refractivity contribution >= 4 is 46.5 Å². The van der Waals surface area contributed by atoms with Crippen LogP contribution in [0, 0.1) is 0 Å². The Labute approximate surface area is 198 Å². The molecule has 0 saturated heterocycles. The number of carbonyl (C=O) groups excluding carboxylic acids is 2. The summed E-state index contributed by atoms with van der Waals surface area (Å²) in [5, 5.41) is 6.69. The number of fused-ring (bicyclic) bond motifs is 2. The zero-order valence-electron chi connectivity index (χ0n) is 18.5. The molecule has 2 N–H and O–H groups in total. The smallest absolute Gasteiger partial charge is 0.198 e.